The van der Waals surface area contributed by atoms with Crippen molar-refractivity contribution in [3.05, 3.63) is 58.8 Å². The number of hydrogen-bond acceptors (Lipinski definition) is 3. The molecular formula is C16H10BrF2NO3. The van der Waals surface area contributed by atoms with Crippen molar-refractivity contribution in [2.24, 2.45) is 0 Å². The minimum Gasteiger partial charge on any atom is -0.451 e. The van der Waals surface area contributed by atoms with Crippen LogP contribution in [0.2, 0.25) is 0 Å². The number of halogens is 3. The Morgan fingerprint density at radius 1 is 1.17 bits per heavy atom. The minimum absolute atomic E-state index is 0.0358. The van der Waals surface area contributed by atoms with E-state index in [9.17, 15) is 13.6 Å². The molecule has 1 aromatic heterocycles. The highest BCUT2D eigenvalue weighted by atomic mass is 79.9. The van der Waals surface area contributed by atoms with Gasteiger partial charge in [-0.15, -0.1) is 0 Å². The Hall–Kier alpha value is -2.41. The lowest BCUT2D eigenvalue weighted by molar-refractivity contribution is -0.0497. The summed E-state index contributed by atoms with van der Waals surface area (Å²) in [5.41, 5.74) is 0.905. The molecule has 1 amide bonds. The van der Waals surface area contributed by atoms with E-state index in [0.717, 1.165) is 9.86 Å². The molecule has 0 aliphatic carbocycles. The van der Waals surface area contributed by atoms with Crippen molar-refractivity contribution in [2.45, 2.75) is 6.61 Å². The minimum atomic E-state index is -2.92. The largest absolute Gasteiger partial charge is 0.451 e. The second kappa shape index (κ2) is 6.37. The molecule has 0 fully saturated rings. The molecule has 7 heteroatoms. The lowest BCUT2D eigenvalue weighted by Gasteiger charge is -2.07. The van der Waals surface area contributed by atoms with Crippen molar-refractivity contribution in [1.82, 2.24) is 0 Å². The SMILES string of the molecule is O=C(Nc1cccc(OC(F)F)c1)c1cc2cc(Br)ccc2o1. The number of fused-ring (bicyclic) bond motifs is 1. The van der Waals surface area contributed by atoms with Gasteiger partial charge in [-0.2, -0.15) is 8.78 Å². The van der Waals surface area contributed by atoms with Crippen LogP contribution >= 0.6 is 15.9 Å². The van der Waals surface area contributed by atoms with Crippen LogP contribution in [0.25, 0.3) is 11.0 Å². The normalized spacial score (nSPS) is 11.0. The fraction of sp³-hybridized carbons (Fsp3) is 0.0625. The molecule has 0 spiro atoms. The van der Waals surface area contributed by atoms with Gasteiger partial charge in [-0.25, -0.2) is 0 Å². The molecule has 2 aromatic carbocycles. The number of carbonyl (C=O) groups excluding carboxylic acids is 1. The second-order valence-corrected chi connectivity index (χ2v) is 5.57. The zero-order valence-electron chi connectivity index (χ0n) is 11.6. The number of rotatable bonds is 4. The van der Waals surface area contributed by atoms with Gasteiger partial charge in [-0.3, -0.25) is 4.79 Å². The molecule has 0 aliphatic heterocycles. The summed E-state index contributed by atoms with van der Waals surface area (Å²) in [5, 5.41) is 3.36. The number of benzene rings is 2. The van der Waals surface area contributed by atoms with Crippen molar-refractivity contribution in [3.8, 4) is 5.75 Å². The van der Waals surface area contributed by atoms with Crippen molar-refractivity contribution in [2.75, 3.05) is 5.32 Å². The van der Waals surface area contributed by atoms with E-state index in [1.165, 1.54) is 18.2 Å². The summed E-state index contributed by atoms with van der Waals surface area (Å²) < 4.78 is 35.0. The van der Waals surface area contributed by atoms with Gasteiger partial charge in [0.05, 0.1) is 0 Å². The Morgan fingerprint density at radius 2 is 2.00 bits per heavy atom. The van der Waals surface area contributed by atoms with Crippen molar-refractivity contribution in [1.29, 1.82) is 0 Å². The number of furan rings is 1. The number of alkyl halides is 2. The highest BCUT2D eigenvalue weighted by Gasteiger charge is 2.13. The van der Waals surface area contributed by atoms with Crippen LogP contribution in [0, 0.1) is 0 Å². The summed E-state index contributed by atoms with van der Waals surface area (Å²) in [6.07, 6.45) is 0. The van der Waals surface area contributed by atoms with Gasteiger partial charge in [-0.1, -0.05) is 22.0 Å². The van der Waals surface area contributed by atoms with Gasteiger partial charge in [0.2, 0.25) is 0 Å². The van der Waals surface area contributed by atoms with Gasteiger partial charge < -0.3 is 14.5 Å². The van der Waals surface area contributed by atoms with Gasteiger partial charge in [-0.05, 0) is 36.4 Å². The third kappa shape index (κ3) is 3.68. The van der Waals surface area contributed by atoms with Gasteiger partial charge in [0, 0.05) is 21.6 Å². The van der Waals surface area contributed by atoms with Gasteiger partial charge in [0.25, 0.3) is 5.91 Å². The fourth-order valence-corrected chi connectivity index (χ4v) is 2.45. The molecular weight excluding hydrogens is 372 g/mol. The van der Waals surface area contributed by atoms with E-state index in [1.54, 1.807) is 24.3 Å². The maximum absolute atomic E-state index is 12.2. The molecule has 3 aromatic rings. The van der Waals surface area contributed by atoms with E-state index in [-0.39, 0.29) is 11.5 Å². The average molecular weight is 382 g/mol. The van der Waals surface area contributed by atoms with E-state index in [0.29, 0.717) is 11.3 Å². The monoisotopic (exact) mass is 381 g/mol. The molecule has 23 heavy (non-hydrogen) atoms. The van der Waals surface area contributed by atoms with Crippen molar-refractivity contribution in [3.63, 3.8) is 0 Å². The molecule has 1 N–H and O–H groups in total. The van der Waals surface area contributed by atoms with E-state index in [1.807, 2.05) is 6.07 Å². The van der Waals surface area contributed by atoms with Crippen LogP contribution in [-0.4, -0.2) is 12.5 Å². The molecule has 118 valence electrons. The first-order valence-electron chi connectivity index (χ1n) is 6.56. The zero-order chi connectivity index (χ0) is 16.4. The Balaban J connectivity index is 1.80. The number of anilines is 1. The highest BCUT2D eigenvalue weighted by molar-refractivity contribution is 9.10. The standard InChI is InChI=1S/C16H10BrF2NO3/c17-10-4-5-13-9(6-10)7-14(23-13)15(21)20-11-2-1-3-12(8-11)22-16(18)19/h1-8,16H,(H,20,21). The predicted molar refractivity (Wildman–Crippen MR) is 84.9 cm³/mol. The Morgan fingerprint density at radius 3 is 2.78 bits per heavy atom. The number of carbonyl (C=O) groups is 1. The summed E-state index contributed by atoms with van der Waals surface area (Å²) in [6, 6.07) is 12.7. The van der Waals surface area contributed by atoms with Crippen LogP contribution < -0.4 is 10.1 Å². The molecule has 0 saturated heterocycles. The van der Waals surface area contributed by atoms with Crippen LogP contribution in [0.1, 0.15) is 10.6 Å². The maximum atomic E-state index is 12.2. The van der Waals surface area contributed by atoms with Crippen LogP contribution in [0.4, 0.5) is 14.5 Å². The summed E-state index contributed by atoms with van der Waals surface area (Å²) >= 11 is 3.34. The molecule has 0 atom stereocenters. The number of nitrogens with one attached hydrogen (secondary N) is 1. The van der Waals surface area contributed by atoms with Gasteiger partial charge >= 0.3 is 6.61 Å². The van der Waals surface area contributed by atoms with E-state index in [2.05, 4.69) is 26.0 Å². The summed E-state index contributed by atoms with van der Waals surface area (Å²) in [4.78, 5) is 12.2. The number of hydrogen-bond donors (Lipinski definition) is 1. The Kier molecular flexibility index (Phi) is 4.29. The third-order valence-electron chi connectivity index (χ3n) is 3.02. The smallest absolute Gasteiger partial charge is 0.387 e. The van der Waals surface area contributed by atoms with Crippen LogP contribution in [0.3, 0.4) is 0 Å². The Bertz CT molecular complexity index is 863. The molecule has 0 unspecified atom stereocenters. The number of amides is 1. The van der Waals surface area contributed by atoms with Gasteiger partial charge in [0.15, 0.2) is 5.76 Å². The maximum Gasteiger partial charge on any atom is 0.387 e. The van der Waals surface area contributed by atoms with E-state index < -0.39 is 12.5 Å². The summed E-state index contributed by atoms with van der Waals surface area (Å²) in [5.74, 6) is -0.392. The average Bonchev–Trinajstić information content (AvgIpc) is 2.90. The van der Waals surface area contributed by atoms with E-state index in [4.69, 9.17) is 4.42 Å². The molecule has 1 heterocycles. The van der Waals surface area contributed by atoms with E-state index >= 15 is 0 Å². The Labute approximate surface area is 138 Å². The summed E-state index contributed by atoms with van der Waals surface area (Å²) in [6.45, 7) is -2.92. The topological polar surface area (TPSA) is 51.5 Å². The zero-order valence-corrected chi connectivity index (χ0v) is 13.1. The first-order chi connectivity index (χ1) is 11.0. The fourth-order valence-electron chi connectivity index (χ4n) is 2.07. The van der Waals surface area contributed by atoms with Gasteiger partial charge in [0.1, 0.15) is 11.3 Å². The number of ether oxygens (including phenoxy) is 1. The predicted octanol–water partition coefficient (Wildman–Crippen LogP) is 5.05. The molecule has 0 aliphatic rings. The first kappa shape index (κ1) is 15.5. The lowest BCUT2D eigenvalue weighted by atomic mass is 10.2. The van der Waals surface area contributed by atoms with Crippen molar-refractivity contribution < 1.29 is 22.7 Å². The lowest BCUT2D eigenvalue weighted by Crippen LogP contribution is -2.11. The van der Waals surface area contributed by atoms with Crippen LogP contribution in [0.5, 0.6) is 5.75 Å². The highest BCUT2D eigenvalue weighted by Crippen LogP contribution is 2.25. The molecule has 3 rings (SSSR count). The van der Waals surface area contributed by atoms with Crippen LogP contribution in [0.15, 0.2) is 57.4 Å². The third-order valence-corrected chi connectivity index (χ3v) is 3.51. The first-order valence-corrected chi connectivity index (χ1v) is 7.36. The molecule has 0 bridgehead atoms. The molecule has 4 nitrogen and oxygen atoms in total. The molecule has 0 radical (unpaired) electrons. The van der Waals surface area contributed by atoms with Crippen LogP contribution in [-0.2, 0) is 0 Å². The van der Waals surface area contributed by atoms with Crippen molar-refractivity contribution >= 4 is 38.5 Å². The second-order valence-electron chi connectivity index (χ2n) is 4.65. The molecule has 0 saturated carbocycles. The quantitative estimate of drug-likeness (QED) is 0.687. The summed E-state index contributed by atoms with van der Waals surface area (Å²) in [7, 11) is 0.